The molecule has 1 N–H and O–H groups in total. The van der Waals surface area contributed by atoms with Crippen molar-refractivity contribution >= 4 is 16.6 Å². The maximum absolute atomic E-state index is 5.48. The molecular weight excluding hydrogens is 288 g/mol. The molecule has 0 amide bonds. The summed E-state index contributed by atoms with van der Waals surface area (Å²) in [5.41, 5.74) is 4.55. The Kier molecular flexibility index (Phi) is 3.71. The van der Waals surface area contributed by atoms with E-state index in [1.54, 1.807) is 7.11 Å². The van der Waals surface area contributed by atoms with E-state index in [-0.39, 0.29) is 0 Å². The highest BCUT2D eigenvalue weighted by Gasteiger charge is 2.20. The van der Waals surface area contributed by atoms with Gasteiger partial charge in [-0.05, 0) is 36.6 Å². The lowest BCUT2D eigenvalue weighted by Crippen LogP contribution is -2.36. The predicted octanol–water partition coefficient (Wildman–Crippen LogP) is 3.24. The van der Waals surface area contributed by atoms with E-state index in [2.05, 4.69) is 44.3 Å². The normalized spacial score (nSPS) is 16.1. The number of aromatic amines is 1. The summed E-state index contributed by atoms with van der Waals surface area (Å²) in [6.45, 7) is 2.04. The second-order valence-electron chi connectivity index (χ2n) is 5.97. The van der Waals surface area contributed by atoms with Crippen LogP contribution in [0.3, 0.4) is 0 Å². The molecule has 4 rings (SSSR count). The number of aromatic nitrogens is 3. The number of hydrogen-bond donors (Lipinski definition) is 1. The van der Waals surface area contributed by atoms with E-state index in [1.807, 2.05) is 18.6 Å². The Morgan fingerprint density at radius 1 is 1.17 bits per heavy atom. The van der Waals surface area contributed by atoms with Crippen molar-refractivity contribution in [1.29, 1.82) is 0 Å². The van der Waals surface area contributed by atoms with Crippen molar-refractivity contribution in [3.05, 3.63) is 42.9 Å². The maximum Gasteiger partial charge on any atom is 0.0723 e. The summed E-state index contributed by atoms with van der Waals surface area (Å²) in [7, 11) is 1.80. The van der Waals surface area contributed by atoms with Crippen LogP contribution in [0.5, 0.6) is 0 Å². The van der Waals surface area contributed by atoms with Crippen LogP contribution in [0.2, 0.25) is 0 Å². The molecule has 0 atom stereocenters. The van der Waals surface area contributed by atoms with E-state index in [0.717, 1.165) is 42.6 Å². The monoisotopic (exact) mass is 308 g/mol. The number of hydrogen-bond acceptors (Lipinski definition) is 4. The van der Waals surface area contributed by atoms with Gasteiger partial charge in [0.2, 0.25) is 0 Å². The minimum Gasteiger partial charge on any atom is -0.381 e. The summed E-state index contributed by atoms with van der Waals surface area (Å²) in [4.78, 5) is 6.96. The highest BCUT2D eigenvalue weighted by molar-refractivity contribution is 5.94. The minimum atomic E-state index is 0.390. The van der Waals surface area contributed by atoms with Gasteiger partial charge in [0.05, 0.1) is 17.8 Å². The van der Waals surface area contributed by atoms with Gasteiger partial charge in [-0.1, -0.05) is 6.07 Å². The Labute approximate surface area is 135 Å². The van der Waals surface area contributed by atoms with Crippen LogP contribution in [0.25, 0.3) is 22.0 Å². The van der Waals surface area contributed by atoms with Gasteiger partial charge in [0.25, 0.3) is 0 Å². The first-order valence-electron chi connectivity index (χ1n) is 8.01. The summed E-state index contributed by atoms with van der Waals surface area (Å²) in [6, 6.07) is 8.52. The molecule has 1 aliphatic rings. The molecule has 0 unspecified atom stereocenters. The van der Waals surface area contributed by atoms with E-state index in [1.165, 1.54) is 11.1 Å². The fraction of sp³-hybridized carbons (Fsp3) is 0.333. The van der Waals surface area contributed by atoms with Crippen LogP contribution in [0.4, 0.5) is 5.69 Å². The van der Waals surface area contributed by atoms with Crippen molar-refractivity contribution in [1.82, 2.24) is 15.2 Å². The van der Waals surface area contributed by atoms with Crippen molar-refractivity contribution in [3.8, 4) is 11.1 Å². The van der Waals surface area contributed by atoms with E-state index in [4.69, 9.17) is 4.74 Å². The quantitative estimate of drug-likeness (QED) is 0.807. The van der Waals surface area contributed by atoms with Crippen LogP contribution in [0, 0.1) is 0 Å². The Bertz CT molecular complexity index is 792. The number of anilines is 1. The second kappa shape index (κ2) is 6.01. The number of H-pyrrole nitrogens is 1. The van der Waals surface area contributed by atoms with Crippen molar-refractivity contribution in [2.75, 3.05) is 25.1 Å². The van der Waals surface area contributed by atoms with E-state index in [9.17, 15) is 0 Å². The summed E-state index contributed by atoms with van der Waals surface area (Å²) in [5.74, 6) is 0. The van der Waals surface area contributed by atoms with Gasteiger partial charge in [-0.15, -0.1) is 0 Å². The molecule has 3 aromatic rings. The van der Waals surface area contributed by atoms with Gasteiger partial charge >= 0.3 is 0 Å². The van der Waals surface area contributed by atoms with Crippen molar-refractivity contribution in [2.45, 2.75) is 18.9 Å². The number of ether oxygens (including phenoxy) is 1. The van der Waals surface area contributed by atoms with Crippen molar-refractivity contribution in [2.24, 2.45) is 0 Å². The molecule has 0 bridgehead atoms. The molecule has 1 saturated heterocycles. The largest absolute Gasteiger partial charge is 0.381 e. The van der Waals surface area contributed by atoms with Gasteiger partial charge in [-0.2, -0.15) is 5.10 Å². The van der Waals surface area contributed by atoms with Gasteiger partial charge in [-0.3, -0.25) is 10.1 Å². The summed E-state index contributed by atoms with van der Waals surface area (Å²) in [6.07, 6.45) is 8.20. The zero-order valence-corrected chi connectivity index (χ0v) is 13.2. The summed E-state index contributed by atoms with van der Waals surface area (Å²) >= 11 is 0. The zero-order chi connectivity index (χ0) is 15.6. The molecule has 0 aliphatic carbocycles. The first kappa shape index (κ1) is 14.2. The molecule has 0 saturated carbocycles. The first-order valence-corrected chi connectivity index (χ1v) is 8.01. The number of fused-ring (bicyclic) bond motifs is 1. The molecular formula is C18H20N4O. The van der Waals surface area contributed by atoms with Crippen molar-refractivity contribution < 1.29 is 4.74 Å². The van der Waals surface area contributed by atoms with Gasteiger partial charge in [0, 0.05) is 49.2 Å². The molecule has 0 spiro atoms. The smallest absolute Gasteiger partial charge is 0.0723 e. The van der Waals surface area contributed by atoms with E-state index < -0.39 is 0 Å². The molecule has 1 aliphatic heterocycles. The standard InChI is InChI=1S/C18H20N4O/c1-23-15-5-8-22(9-6-15)18-4-7-19-17-3-2-13(10-16(17)18)14-11-20-21-12-14/h2-4,7,10-12,15H,5-6,8-9H2,1H3,(H,20,21). The zero-order valence-electron chi connectivity index (χ0n) is 13.2. The third kappa shape index (κ3) is 2.68. The van der Waals surface area contributed by atoms with Crippen LogP contribution in [-0.4, -0.2) is 41.5 Å². The highest BCUT2D eigenvalue weighted by Crippen LogP contribution is 2.31. The number of benzene rings is 1. The molecule has 23 heavy (non-hydrogen) atoms. The second-order valence-corrected chi connectivity index (χ2v) is 5.97. The van der Waals surface area contributed by atoms with Gasteiger partial charge in [0.15, 0.2) is 0 Å². The molecule has 1 aromatic carbocycles. The molecule has 5 heteroatoms. The lowest BCUT2D eigenvalue weighted by atomic mass is 10.0. The van der Waals surface area contributed by atoms with Gasteiger partial charge < -0.3 is 9.64 Å². The van der Waals surface area contributed by atoms with Crippen molar-refractivity contribution in [3.63, 3.8) is 0 Å². The van der Waals surface area contributed by atoms with Crippen LogP contribution >= 0.6 is 0 Å². The van der Waals surface area contributed by atoms with Gasteiger partial charge in [0.1, 0.15) is 0 Å². The van der Waals surface area contributed by atoms with E-state index >= 15 is 0 Å². The Morgan fingerprint density at radius 3 is 2.78 bits per heavy atom. The molecule has 1 fully saturated rings. The minimum absolute atomic E-state index is 0.390. The number of nitrogens with one attached hydrogen (secondary N) is 1. The average Bonchev–Trinajstić information content (AvgIpc) is 3.15. The lowest BCUT2D eigenvalue weighted by molar-refractivity contribution is 0.0819. The fourth-order valence-corrected chi connectivity index (χ4v) is 3.33. The Balaban J connectivity index is 1.73. The summed E-state index contributed by atoms with van der Waals surface area (Å²) in [5, 5.41) is 8.12. The molecule has 3 heterocycles. The van der Waals surface area contributed by atoms with Crippen LogP contribution in [-0.2, 0) is 4.74 Å². The summed E-state index contributed by atoms with van der Waals surface area (Å²) < 4.78 is 5.48. The Hall–Kier alpha value is -2.40. The van der Waals surface area contributed by atoms with E-state index in [0.29, 0.717) is 6.10 Å². The topological polar surface area (TPSA) is 54.0 Å². The number of pyridine rings is 1. The third-order valence-corrected chi connectivity index (χ3v) is 4.67. The average molecular weight is 308 g/mol. The van der Waals surface area contributed by atoms with Gasteiger partial charge in [-0.25, -0.2) is 0 Å². The SMILES string of the molecule is COC1CCN(c2ccnc3ccc(-c4cn[nH]c4)cc23)CC1. The molecule has 118 valence electrons. The number of piperidine rings is 1. The predicted molar refractivity (Wildman–Crippen MR) is 91.6 cm³/mol. The molecule has 5 nitrogen and oxygen atoms in total. The highest BCUT2D eigenvalue weighted by atomic mass is 16.5. The number of methoxy groups -OCH3 is 1. The van der Waals surface area contributed by atoms with Crippen LogP contribution in [0.1, 0.15) is 12.8 Å². The number of rotatable bonds is 3. The Morgan fingerprint density at radius 2 is 2.04 bits per heavy atom. The molecule has 2 aromatic heterocycles. The fourth-order valence-electron chi connectivity index (χ4n) is 3.33. The van der Waals surface area contributed by atoms with Crippen LogP contribution < -0.4 is 4.90 Å². The van der Waals surface area contributed by atoms with Crippen LogP contribution in [0.15, 0.2) is 42.9 Å². The third-order valence-electron chi connectivity index (χ3n) is 4.67. The lowest BCUT2D eigenvalue weighted by Gasteiger charge is -2.33. The number of nitrogens with zero attached hydrogens (tertiary/aromatic N) is 3. The maximum atomic E-state index is 5.48. The first-order chi connectivity index (χ1) is 11.3. The molecule has 0 radical (unpaired) electrons.